The lowest BCUT2D eigenvalue weighted by Gasteiger charge is -2.11. The van der Waals surface area contributed by atoms with Gasteiger partial charge in [-0.05, 0) is 41.8 Å². The van der Waals surface area contributed by atoms with E-state index in [-0.39, 0.29) is 24.7 Å². The van der Waals surface area contributed by atoms with Crippen LogP contribution < -0.4 is 20.7 Å². The summed E-state index contributed by atoms with van der Waals surface area (Å²) in [6.45, 7) is 0. The van der Waals surface area contributed by atoms with Crippen LogP contribution in [0.1, 0.15) is 30.4 Å². The van der Waals surface area contributed by atoms with E-state index in [1.54, 1.807) is 12.4 Å². The summed E-state index contributed by atoms with van der Waals surface area (Å²) in [4.78, 5) is 27.7. The van der Waals surface area contributed by atoms with Crippen molar-refractivity contribution in [3.05, 3.63) is 59.7 Å². The molecule has 0 unspecified atom stereocenters. The van der Waals surface area contributed by atoms with Crippen molar-refractivity contribution in [1.82, 2.24) is 10.9 Å². The zero-order valence-corrected chi connectivity index (χ0v) is 18.5. The van der Waals surface area contributed by atoms with Crippen LogP contribution in [0.2, 0.25) is 0 Å². The van der Waals surface area contributed by atoms with Crippen molar-refractivity contribution in [1.29, 1.82) is 0 Å². The molecule has 0 aliphatic rings. The molecule has 2 N–H and O–H groups in total. The lowest BCUT2D eigenvalue weighted by Crippen LogP contribution is -2.20. The number of hydrazone groups is 2. The van der Waals surface area contributed by atoms with Crippen LogP contribution in [-0.4, -0.2) is 52.4 Å². The predicted molar refractivity (Wildman–Crippen MR) is 127 cm³/mol. The van der Waals surface area contributed by atoms with E-state index in [9.17, 15) is 9.59 Å². The number of carbonyl (C=O) groups is 2. The van der Waals surface area contributed by atoms with Crippen molar-refractivity contribution in [2.45, 2.75) is 19.3 Å². The molecule has 2 amide bonds. The van der Waals surface area contributed by atoms with Gasteiger partial charge in [0.25, 0.3) is 0 Å². The number of amides is 2. The Bertz CT molecular complexity index is 827. The van der Waals surface area contributed by atoms with Gasteiger partial charge in [0.15, 0.2) is 0 Å². The van der Waals surface area contributed by atoms with Gasteiger partial charge in [-0.15, -0.1) is 0 Å². The van der Waals surface area contributed by atoms with Crippen LogP contribution in [-0.2, 0) is 9.59 Å². The lowest BCUT2D eigenvalue weighted by atomic mass is 10.2. The maximum Gasteiger partial charge on any atom is 0.240 e. The summed E-state index contributed by atoms with van der Waals surface area (Å²) in [5.41, 5.74) is 8.90. The second kappa shape index (κ2) is 12.1. The predicted octanol–water partition coefficient (Wildman–Crippen LogP) is 2.59. The van der Waals surface area contributed by atoms with E-state index in [0.717, 1.165) is 22.5 Å². The summed E-state index contributed by atoms with van der Waals surface area (Å²) in [7, 11) is 7.89. The van der Waals surface area contributed by atoms with Crippen molar-refractivity contribution < 1.29 is 9.59 Å². The highest BCUT2D eigenvalue weighted by Crippen LogP contribution is 2.11. The minimum absolute atomic E-state index is 0.208. The third kappa shape index (κ3) is 8.69. The van der Waals surface area contributed by atoms with E-state index >= 15 is 0 Å². The molecule has 2 aromatic carbocycles. The van der Waals surface area contributed by atoms with Crippen molar-refractivity contribution in [3.63, 3.8) is 0 Å². The summed E-state index contributed by atoms with van der Waals surface area (Å²) in [6.07, 6.45) is 4.01. The van der Waals surface area contributed by atoms with Gasteiger partial charge in [0.05, 0.1) is 12.4 Å². The molecule has 0 aliphatic carbocycles. The fraction of sp³-hybridized carbons (Fsp3) is 0.304. The monoisotopic (exact) mass is 422 g/mol. The van der Waals surface area contributed by atoms with E-state index in [1.165, 1.54) is 0 Å². The zero-order valence-electron chi connectivity index (χ0n) is 18.5. The van der Waals surface area contributed by atoms with Crippen LogP contribution in [0.5, 0.6) is 0 Å². The minimum atomic E-state index is -0.238. The standard InChI is InChI=1S/C23H30N6O2/c1-28(2)20-12-8-18(9-13-20)16-24-26-22(30)6-5-7-23(31)27-25-17-19-10-14-21(15-11-19)29(3)4/h8-17H,5-7H2,1-4H3,(H,26,30)(H,27,31)/b24-16-,25-17+. The van der Waals surface area contributed by atoms with Gasteiger partial charge in [0, 0.05) is 52.4 Å². The molecule has 0 atom stereocenters. The summed E-state index contributed by atoms with van der Waals surface area (Å²) in [6, 6.07) is 15.6. The molecule has 0 aromatic heterocycles. The Morgan fingerprint density at radius 1 is 0.710 bits per heavy atom. The third-order valence-electron chi connectivity index (χ3n) is 4.43. The van der Waals surface area contributed by atoms with Crippen molar-refractivity contribution >= 4 is 35.6 Å². The van der Waals surface area contributed by atoms with E-state index in [0.29, 0.717) is 6.42 Å². The quantitative estimate of drug-likeness (QED) is 0.455. The Hall–Kier alpha value is -3.68. The topological polar surface area (TPSA) is 89.4 Å². The van der Waals surface area contributed by atoms with E-state index in [4.69, 9.17) is 0 Å². The average Bonchev–Trinajstić information content (AvgIpc) is 2.74. The highest BCUT2D eigenvalue weighted by molar-refractivity contribution is 5.84. The summed E-state index contributed by atoms with van der Waals surface area (Å²) in [5.74, 6) is -0.475. The van der Waals surface area contributed by atoms with Gasteiger partial charge in [0.1, 0.15) is 0 Å². The number of benzene rings is 2. The first-order chi connectivity index (χ1) is 14.8. The van der Waals surface area contributed by atoms with Crippen LogP contribution in [0.15, 0.2) is 58.7 Å². The van der Waals surface area contributed by atoms with Gasteiger partial charge in [-0.2, -0.15) is 10.2 Å². The fourth-order valence-corrected chi connectivity index (χ4v) is 2.60. The first-order valence-electron chi connectivity index (χ1n) is 10.0. The minimum Gasteiger partial charge on any atom is -0.378 e. The van der Waals surface area contributed by atoms with Crippen LogP contribution in [0, 0.1) is 0 Å². The molecule has 2 rings (SSSR count). The normalized spacial score (nSPS) is 11.0. The molecule has 0 heterocycles. The Labute approximate surface area is 183 Å². The van der Waals surface area contributed by atoms with Gasteiger partial charge in [-0.1, -0.05) is 24.3 Å². The first-order valence-corrected chi connectivity index (χ1v) is 10.0. The highest BCUT2D eigenvalue weighted by Gasteiger charge is 2.04. The number of nitrogens with zero attached hydrogens (tertiary/aromatic N) is 4. The molecule has 8 nitrogen and oxygen atoms in total. The Morgan fingerprint density at radius 2 is 1.06 bits per heavy atom. The van der Waals surface area contributed by atoms with Crippen LogP contribution in [0.25, 0.3) is 0 Å². The van der Waals surface area contributed by atoms with E-state index < -0.39 is 0 Å². The summed E-state index contributed by atoms with van der Waals surface area (Å²) in [5, 5.41) is 7.90. The highest BCUT2D eigenvalue weighted by atomic mass is 16.2. The summed E-state index contributed by atoms with van der Waals surface area (Å²) >= 11 is 0. The molecule has 0 bridgehead atoms. The second-order valence-electron chi connectivity index (χ2n) is 7.41. The molecule has 2 aromatic rings. The Kier molecular flexibility index (Phi) is 9.22. The number of anilines is 2. The largest absolute Gasteiger partial charge is 0.378 e. The molecule has 0 radical (unpaired) electrons. The molecule has 8 heteroatoms. The average molecular weight is 423 g/mol. The maximum atomic E-state index is 11.8. The second-order valence-corrected chi connectivity index (χ2v) is 7.41. The fourth-order valence-electron chi connectivity index (χ4n) is 2.60. The zero-order chi connectivity index (χ0) is 22.6. The van der Waals surface area contributed by atoms with Crippen molar-refractivity contribution in [2.75, 3.05) is 38.0 Å². The smallest absolute Gasteiger partial charge is 0.240 e. The Balaban J connectivity index is 1.64. The SMILES string of the molecule is CN(C)c1ccc(/C=N\NC(=O)CCCC(=O)N/N=C/c2ccc(N(C)C)cc2)cc1. The van der Waals surface area contributed by atoms with Crippen molar-refractivity contribution in [2.24, 2.45) is 10.2 Å². The summed E-state index contributed by atoms with van der Waals surface area (Å²) < 4.78 is 0. The first kappa shape index (κ1) is 23.6. The van der Waals surface area contributed by atoms with Gasteiger partial charge in [-0.3, -0.25) is 9.59 Å². The van der Waals surface area contributed by atoms with Gasteiger partial charge in [0.2, 0.25) is 11.8 Å². The third-order valence-corrected chi connectivity index (χ3v) is 4.43. The number of nitrogens with one attached hydrogen (secondary N) is 2. The number of hydrogen-bond donors (Lipinski definition) is 2. The molecule has 0 fully saturated rings. The van der Waals surface area contributed by atoms with Crippen molar-refractivity contribution in [3.8, 4) is 0 Å². The Morgan fingerprint density at radius 3 is 1.39 bits per heavy atom. The van der Waals surface area contributed by atoms with Crippen LogP contribution >= 0.6 is 0 Å². The lowest BCUT2D eigenvalue weighted by molar-refractivity contribution is -0.122. The number of carbonyl (C=O) groups excluding carboxylic acids is 2. The van der Waals surface area contributed by atoms with Gasteiger partial charge >= 0.3 is 0 Å². The molecular weight excluding hydrogens is 392 g/mol. The number of rotatable bonds is 10. The molecular formula is C23H30N6O2. The number of hydrogen-bond acceptors (Lipinski definition) is 6. The van der Waals surface area contributed by atoms with E-state index in [2.05, 4.69) is 21.1 Å². The van der Waals surface area contributed by atoms with Crippen LogP contribution in [0.3, 0.4) is 0 Å². The van der Waals surface area contributed by atoms with Gasteiger partial charge in [-0.25, -0.2) is 10.9 Å². The maximum absolute atomic E-state index is 11.8. The van der Waals surface area contributed by atoms with E-state index in [1.807, 2.05) is 86.5 Å². The van der Waals surface area contributed by atoms with Crippen LogP contribution in [0.4, 0.5) is 11.4 Å². The molecule has 164 valence electrons. The molecule has 31 heavy (non-hydrogen) atoms. The molecule has 0 aliphatic heterocycles. The molecule has 0 saturated heterocycles. The molecule has 0 saturated carbocycles. The van der Waals surface area contributed by atoms with Gasteiger partial charge < -0.3 is 9.80 Å². The molecule has 0 spiro atoms.